The lowest BCUT2D eigenvalue weighted by Gasteiger charge is -2.19. The molecule has 1 aliphatic rings. The van der Waals surface area contributed by atoms with Crippen LogP contribution in [0.4, 0.5) is 0 Å². The van der Waals surface area contributed by atoms with Crippen molar-refractivity contribution < 1.29 is 4.74 Å². The summed E-state index contributed by atoms with van der Waals surface area (Å²) in [5.74, 6) is 1.80. The average Bonchev–Trinajstić information content (AvgIpc) is 3.09. The van der Waals surface area contributed by atoms with Crippen LogP contribution in [0.3, 0.4) is 0 Å². The van der Waals surface area contributed by atoms with Gasteiger partial charge in [-0.3, -0.25) is 0 Å². The summed E-state index contributed by atoms with van der Waals surface area (Å²) in [4.78, 5) is 13.3. The van der Waals surface area contributed by atoms with Crippen LogP contribution < -0.4 is 4.74 Å². The van der Waals surface area contributed by atoms with E-state index < -0.39 is 0 Å². The van der Waals surface area contributed by atoms with E-state index >= 15 is 0 Å². The number of fused-ring (bicyclic) bond motifs is 1. The number of nitrogens with zero attached hydrogens (tertiary/aromatic N) is 3. The van der Waals surface area contributed by atoms with E-state index in [1.807, 2.05) is 12.1 Å². The van der Waals surface area contributed by atoms with Crippen LogP contribution in [0.5, 0.6) is 5.75 Å². The zero-order chi connectivity index (χ0) is 22.6. The van der Waals surface area contributed by atoms with Gasteiger partial charge in [-0.25, -0.2) is 4.98 Å². The highest BCUT2D eigenvalue weighted by Gasteiger charge is 2.15. The topological polar surface area (TPSA) is 44.4 Å². The molecule has 0 spiro atoms. The third-order valence-electron chi connectivity index (χ3n) is 6.41. The predicted molar refractivity (Wildman–Crippen MR) is 134 cm³/mol. The number of rotatable bonds is 7. The predicted octanol–water partition coefficient (Wildman–Crippen LogP) is 5.32. The maximum Gasteiger partial charge on any atom is 0.138 e. The van der Waals surface area contributed by atoms with Gasteiger partial charge in [0.15, 0.2) is 0 Å². The van der Waals surface area contributed by atoms with E-state index in [0.29, 0.717) is 0 Å². The molecule has 5 nitrogen and oxygen atoms in total. The summed E-state index contributed by atoms with van der Waals surface area (Å²) in [6.45, 7) is 13.4. The third-order valence-corrected chi connectivity index (χ3v) is 6.41. The van der Waals surface area contributed by atoms with Gasteiger partial charge in [-0.1, -0.05) is 39.0 Å². The molecule has 0 atom stereocenters. The van der Waals surface area contributed by atoms with Crippen LogP contribution in [0.25, 0.3) is 22.4 Å². The van der Waals surface area contributed by atoms with Crippen LogP contribution in [0, 0.1) is 0 Å². The zero-order valence-corrected chi connectivity index (χ0v) is 20.2. The van der Waals surface area contributed by atoms with Crippen molar-refractivity contribution >= 4 is 11.0 Å². The number of likely N-dealkylation sites (N-methyl/N-ethyl adjacent to an activating group) is 1. The van der Waals surface area contributed by atoms with Crippen molar-refractivity contribution in [3.05, 3.63) is 48.0 Å². The highest BCUT2D eigenvalue weighted by atomic mass is 16.5. The van der Waals surface area contributed by atoms with Crippen LogP contribution in [-0.4, -0.2) is 66.1 Å². The first-order valence-electron chi connectivity index (χ1n) is 12.0. The number of hydrogen-bond acceptors (Lipinski definition) is 4. The van der Waals surface area contributed by atoms with Gasteiger partial charge in [-0.05, 0) is 81.2 Å². The van der Waals surface area contributed by atoms with Crippen LogP contribution in [-0.2, 0) is 5.41 Å². The fourth-order valence-electron chi connectivity index (χ4n) is 4.29. The molecule has 5 heteroatoms. The highest BCUT2D eigenvalue weighted by Crippen LogP contribution is 2.28. The normalized spacial score (nSPS) is 16.4. The third kappa shape index (κ3) is 5.90. The number of nitrogens with one attached hydrogen (secondary N) is 1. The second-order valence-electron chi connectivity index (χ2n) is 10.1. The fraction of sp³-hybridized carbons (Fsp3) is 0.519. The lowest BCUT2D eigenvalue weighted by Crippen LogP contribution is -2.29. The fourth-order valence-corrected chi connectivity index (χ4v) is 4.29. The van der Waals surface area contributed by atoms with Gasteiger partial charge >= 0.3 is 0 Å². The van der Waals surface area contributed by atoms with Gasteiger partial charge in [0.05, 0.1) is 17.6 Å². The Morgan fingerprint density at radius 2 is 1.88 bits per heavy atom. The lowest BCUT2D eigenvalue weighted by atomic mass is 9.87. The van der Waals surface area contributed by atoms with E-state index in [0.717, 1.165) is 41.2 Å². The number of unbranched alkanes of at least 4 members (excludes halogenated alkanes) is 1. The molecule has 1 N–H and O–H groups in total. The van der Waals surface area contributed by atoms with Crippen molar-refractivity contribution in [2.45, 2.75) is 45.4 Å². The summed E-state index contributed by atoms with van der Waals surface area (Å²) in [6.07, 6.45) is 3.54. The number of ether oxygens (including phenoxy) is 1. The van der Waals surface area contributed by atoms with Gasteiger partial charge in [-0.2, -0.15) is 0 Å². The largest absolute Gasteiger partial charge is 0.494 e. The first-order chi connectivity index (χ1) is 15.4. The Balaban J connectivity index is 1.31. The lowest BCUT2D eigenvalue weighted by molar-refractivity contribution is 0.253. The molecular weight excluding hydrogens is 396 g/mol. The van der Waals surface area contributed by atoms with Gasteiger partial charge < -0.3 is 19.5 Å². The molecular formula is C27H38N4O. The van der Waals surface area contributed by atoms with Gasteiger partial charge in [0.2, 0.25) is 0 Å². The maximum atomic E-state index is 6.07. The number of imidazole rings is 1. The summed E-state index contributed by atoms with van der Waals surface area (Å²) in [5.41, 5.74) is 4.56. The molecule has 0 aliphatic carbocycles. The van der Waals surface area contributed by atoms with Crippen molar-refractivity contribution in [3.63, 3.8) is 0 Å². The Bertz CT molecular complexity index is 1020. The Morgan fingerprint density at radius 3 is 2.72 bits per heavy atom. The Hall–Kier alpha value is -2.37. The van der Waals surface area contributed by atoms with E-state index in [9.17, 15) is 0 Å². The molecule has 4 rings (SSSR count). The number of aromatic amines is 1. The Kier molecular flexibility index (Phi) is 7.17. The standard InChI is InChI=1S/C27H38N4O/c1-27(2,3)22-11-12-24-25(20-22)29-26(28-24)21-9-7-10-23(19-21)32-18-6-5-14-31-15-8-13-30(4)16-17-31/h7,9-12,19-20H,5-6,8,13-18H2,1-4H3,(H,28,29). The first kappa shape index (κ1) is 22.8. The second kappa shape index (κ2) is 10.1. The quantitative estimate of drug-likeness (QED) is 0.511. The molecule has 0 radical (unpaired) electrons. The minimum atomic E-state index is 0.116. The van der Waals surface area contributed by atoms with Gasteiger partial charge in [0, 0.05) is 18.7 Å². The molecule has 2 aromatic carbocycles. The van der Waals surface area contributed by atoms with Crippen LogP contribution in [0.2, 0.25) is 0 Å². The van der Waals surface area contributed by atoms with E-state index in [-0.39, 0.29) is 5.41 Å². The summed E-state index contributed by atoms with van der Waals surface area (Å²) in [7, 11) is 2.22. The number of aromatic nitrogens is 2. The second-order valence-corrected chi connectivity index (χ2v) is 10.1. The van der Waals surface area contributed by atoms with E-state index in [1.165, 1.54) is 51.1 Å². The minimum absolute atomic E-state index is 0.116. The molecule has 0 unspecified atom stereocenters. The van der Waals surface area contributed by atoms with Crippen LogP contribution in [0.1, 0.15) is 45.6 Å². The van der Waals surface area contributed by atoms with Crippen molar-refractivity contribution in [3.8, 4) is 17.1 Å². The van der Waals surface area contributed by atoms with Crippen molar-refractivity contribution in [2.24, 2.45) is 0 Å². The molecule has 3 aromatic rings. The van der Waals surface area contributed by atoms with Gasteiger partial charge in [-0.15, -0.1) is 0 Å². The van der Waals surface area contributed by atoms with E-state index in [1.54, 1.807) is 0 Å². The van der Waals surface area contributed by atoms with Crippen molar-refractivity contribution in [1.82, 2.24) is 19.8 Å². The SMILES string of the molecule is CN1CCCN(CCCCOc2cccc(-c3nc4cc(C(C)(C)C)ccc4[nH]3)c2)CC1. The zero-order valence-electron chi connectivity index (χ0n) is 20.2. The first-order valence-corrected chi connectivity index (χ1v) is 12.0. The smallest absolute Gasteiger partial charge is 0.138 e. The van der Waals surface area contributed by atoms with Crippen molar-refractivity contribution in [2.75, 3.05) is 46.4 Å². The van der Waals surface area contributed by atoms with E-state index in [2.05, 4.69) is 72.9 Å². The molecule has 2 heterocycles. The van der Waals surface area contributed by atoms with Gasteiger partial charge in [0.1, 0.15) is 11.6 Å². The maximum absolute atomic E-state index is 6.07. The summed E-state index contributed by atoms with van der Waals surface area (Å²) >= 11 is 0. The molecule has 1 aliphatic heterocycles. The Labute approximate surface area is 192 Å². The molecule has 0 saturated carbocycles. The molecule has 0 bridgehead atoms. The summed E-state index contributed by atoms with van der Waals surface area (Å²) < 4.78 is 6.07. The molecule has 172 valence electrons. The molecule has 32 heavy (non-hydrogen) atoms. The van der Waals surface area contributed by atoms with Crippen LogP contribution >= 0.6 is 0 Å². The van der Waals surface area contributed by atoms with Gasteiger partial charge in [0.25, 0.3) is 0 Å². The van der Waals surface area contributed by atoms with E-state index in [4.69, 9.17) is 9.72 Å². The molecule has 1 saturated heterocycles. The molecule has 0 amide bonds. The molecule has 1 fully saturated rings. The molecule has 1 aromatic heterocycles. The number of hydrogen-bond donors (Lipinski definition) is 1. The Morgan fingerprint density at radius 1 is 1.00 bits per heavy atom. The minimum Gasteiger partial charge on any atom is -0.494 e. The average molecular weight is 435 g/mol. The summed E-state index contributed by atoms with van der Waals surface area (Å²) in [5, 5.41) is 0. The van der Waals surface area contributed by atoms with Crippen molar-refractivity contribution in [1.29, 1.82) is 0 Å². The summed E-state index contributed by atoms with van der Waals surface area (Å²) in [6, 6.07) is 14.8. The number of H-pyrrole nitrogens is 1. The highest BCUT2D eigenvalue weighted by molar-refractivity contribution is 5.80. The monoisotopic (exact) mass is 434 g/mol. The van der Waals surface area contributed by atoms with Crippen LogP contribution in [0.15, 0.2) is 42.5 Å². The number of benzene rings is 2.